The van der Waals surface area contributed by atoms with Gasteiger partial charge in [-0.25, -0.2) is 12.0 Å². The molecule has 8 aliphatic carbocycles. The topological polar surface area (TPSA) is 0 Å². The first-order valence-electron chi connectivity index (χ1n) is 22.7. The van der Waals surface area contributed by atoms with Gasteiger partial charge in [0.1, 0.15) is 0 Å². The SMILES string of the molecule is C[C-]1C2=C3Cc4ccccc4C3=C3C=CCCC3C2(C)C(C)(C)C(C)(C)C1(C)C.[Cl-].[Cl-].[Zr+2]=[C](c1ccccc1)c1ccccc1.c1cc(C23CC4CC(CC(C4)C2)C3)c[cH-]1. The molecule has 0 heterocycles. The second-order valence-electron chi connectivity index (χ2n) is 21.2. The Morgan fingerprint density at radius 2 is 1.25 bits per heavy atom. The van der Waals surface area contributed by atoms with Crippen molar-refractivity contribution in [3.63, 3.8) is 0 Å². The van der Waals surface area contributed by atoms with Crippen LogP contribution in [0.4, 0.5) is 0 Å². The van der Waals surface area contributed by atoms with Crippen LogP contribution in [0.25, 0.3) is 5.57 Å². The smallest absolute Gasteiger partial charge is 0.0411 e. The molecule has 5 fully saturated rings. The second-order valence-corrected chi connectivity index (χ2v) is 22.5. The van der Waals surface area contributed by atoms with Crippen molar-refractivity contribution in [1.29, 1.82) is 0 Å². The summed E-state index contributed by atoms with van der Waals surface area (Å²) in [6.45, 7) is 20.3. The molecule has 60 heavy (non-hydrogen) atoms. The molecule has 8 aliphatic rings. The molecule has 3 heteroatoms. The second kappa shape index (κ2) is 16.9. The molecule has 4 bridgehead atoms. The molecule has 4 aromatic rings. The van der Waals surface area contributed by atoms with Gasteiger partial charge in [0.25, 0.3) is 0 Å². The van der Waals surface area contributed by atoms with Crippen LogP contribution in [0.15, 0.2) is 138 Å². The monoisotopic (exact) mass is 910 g/mol. The van der Waals surface area contributed by atoms with Gasteiger partial charge in [-0.2, -0.15) is 34.9 Å². The number of fused-ring (bicyclic) bond motifs is 6. The van der Waals surface area contributed by atoms with E-state index < -0.39 is 0 Å². The molecule has 0 aromatic heterocycles. The minimum atomic E-state index is 0. The average Bonchev–Trinajstić information content (AvgIpc) is 3.91. The van der Waals surface area contributed by atoms with Crippen LogP contribution < -0.4 is 24.8 Å². The van der Waals surface area contributed by atoms with Crippen LogP contribution in [-0.2, 0) is 36.1 Å². The van der Waals surface area contributed by atoms with Crippen LogP contribution in [0.5, 0.6) is 0 Å². The van der Waals surface area contributed by atoms with E-state index in [-0.39, 0.29) is 46.5 Å². The third-order valence-electron chi connectivity index (χ3n) is 18.2. The Hall–Kier alpha value is -2.57. The van der Waals surface area contributed by atoms with Gasteiger partial charge in [0.15, 0.2) is 0 Å². The molecule has 0 saturated heterocycles. The molecule has 0 N–H and O–H groups in total. The molecule has 2 unspecified atom stereocenters. The van der Waals surface area contributed by atoms with Gasteiger partial charge in [-0.15, -0.1) is 6.92 Å². The van der Waals surface area contributed by atoms with Crippen molar-refractivity contribution in [1.82, 2.24) is 0 Å². The van der Waals surface area contributed by atoms with Gasteiger partial charge in [0.05, 0.1) is 0 Å². The van der Waals surface area contributed by atoms with Gasteiger partial charge in [-0.3, -0.25) is 0 Å². The fourth-order valence-electron chi connectivity index (χ4n) is 14.1. The number of benzene rings is 3. The Bertz CT molecular complexity index is 2190. The van der Waals surface area contributed by atoms with E-state index in [1.807, 2.05) is 0 Å². The number of rotatable bonds is 3. The molecule has 0 radical (unpaired) electrons. The van der Waals surface area contributed by atoms with Crippen molar-refractivity contribution in [2.45, 2.75) is 119 Å². The standard InChI is InChI=1S/C29H37.C15H19.C13H10.2ClH.Zr/c1-18-25-22-17-19-13-9-10-14-20(19)24(22)21-15-11-12-16-23(21)29(25,8)28(6,7)27(4,5)26(18,2)3;1-2-4-14(3-1)15-8-11-5-12(9-15)7-13(6-11)10-15;1-3-7-12(8-4-1)11-13-9-5-2-6-10-13;;;/h9-11,13-15,23H,12,16-17H2,1-8H3;1-4,11-13H,5-10H2;1-10H;2*1H;/q2*-1;;;;+2/p-2. The van der Waals surface area contributed by atoms with E-state index in [4.69, 9.17) is 0 Å². The first-order chi connectivity index (χ1) is 27.7. The van der Waals surface area contributed by atoms with Crippen LogP contribution in [0.2, 0.25) is 0 Å². The van der Waals surface area contributed by atoms with Gasteiger partial charge >= 0.3 is 99.2 Å². The van der Waals surface area contributed by atoms with Crippen LogP contribution in [0.1, 0.15) is 135 Å². The van der Waals surface area contributed by atoms with E-state index >= 15 is 0 Å². The van der Waals surface area contributed by atoms with Crippen LogP contribution in [0.3, 0.4) is 0 Å². The minimum Gasteiger partial charge on any atom is -0.210 e. The van der Waals surface area contributed by atoms with Crippen molar-refractivity contribution in [2.75, 3.05) is 0 Å². The largest absolute Gasteiger partial charge is 0.210 e. The molecule has 5 saturated carbocycles. The van der Waals surface area contributed by atoms with Gasteiger partial charge in [0, 0.05) is 0 Å². The Kier molecular flexibility index (Phi) is 12.8. The maximum absolute atomic E-state index is 2.62. The maximum atomic E-state index is 2.62. The van der Waals surface area contributed by atoms with Crippen molar-refractivity contribution in [2.24, 2.45) is 45.3 Å². The third kappa shape index (κ3) is 7.07. The maximum Gasteiger partial charge on any atom is -0.0411 e. The third-order valence-corrected chi connectivity index (χ3v) is 19.7. The van der Waals surface area contributed by atoms with E-state index in [0.29, 0.717) is 11.3 Å². The fourth-order valence-corrected chi connectivity index (χ4v) is 15.0. The van der Waals surface area contributed by atoms with E-state index in [0.717, 1.165) is 24.2 Å². The van der Waals surface area contributed by atoms with Gasteiger partial charge < -0.3 is 24.8 Å². The summed E-state index contributed by atoms with van der Waals surface area (Å²) < 4.78 is 1.42. The Labute approximate surface area is 390 Å². The summed E-state index contributed by atoms with van der Waals surface area (Å²) in [7, 11) is 0. The molecule has 0 spiro atoms. The predicted molar refractivity (Wildman–Crippen MR) is 242 cm³/mol. The fraction of sp³-hybridized carbons (Fsp3) is 0.456. The summed E-state index contributed by atoms with van der Waals surface area (Å²) in [5.74, 6) is 5.47. The number of halogens is 2. The quantitative estimate of drug-likeness (QED) is 0.181. The summed E-state index contributed by atoms with van der Waals surface area (Å²) in [6, 6.07) is 39.5. The zero-order valence-electron chi connectivity index (χ0n) is 37.5. The normalized spacial score (nSPS) is 30.2. The van der Waals surface area contributed by atoms with Crippen LogP contribution in [-0.4, -0.2) is 3.21 Å². The number of hydrogen-bond donors (Lipinski definition) is 0. The van der Waals surface area contributed by atoms with E-state index in [1.54, 1.807) is 53.0 Å². The molecular formula is C57H66Cl2Zr-2. The zero-order chi connectivity index (χ0) is 40.7. The molecular weight excluding hydrogens is 847 g/mol. The minimum absolute atomic E-state index is 0. The summed E-state index contributed by atoms with van der Waals surface area (Å²) in [5, 5.41) is 0. The van der Waals surface area contributed by atoms with Gasteiger partial charge in [-0.1, -0.05) is 138 Å². The van der Waals surface area contributed by atoms with Crippen molar-refractivity contribution in [3.8, 4) is 0 Å². The summed E-state index contributed by atoms with van der Waals surface area (Å²) >= 11 is 1.46. The molecule has 314 valence electrons. The molecule has 0 amide bonds. The molecule has 4 aromatic carbocycles. The van der Waals surface area contributed by atoms with Crippen molar-refractivity contribution >= 4 is 8.78 Å². The van der Waals surface area contributed by atoms with Crippen LogP contribution in [0, 0.1) is 51.2 Å². The van der Waals surface area contributed by atoms with Gasteiger partial charge in [0.2, 0.25) is 0 Å². The Morgan fingerprint density at radius 1 is 0.700 bits per heavy atom. The summed E-state index contributed by atoms with van der Waals surface area (Å²) in [5.41, 5.74) is 15.3. The summed E-state index contributed by atoms with van der Waals surface area (Å²) in [4.78, 5) is 0. The Morgan fingerprint density at radius 3 is 1.80 bits per heavy atom. The van der Waals surface area contributed by atoms with Crippen LogP contribution >= 0.6 is 0 Å². The van der Waals surface area contributed by atoms with Crippen molar-refractivity contribution in [3.05, 3.63) is 172 Å². The molecule has 2 atom stereocenters. The van der Waals surface area contributed by atoms with E-state index in [9.17, 15) is 0 Å². The van der Waals surface area contributed by atoms with Crippen molar-refractivity contribution < 1.29 is 49.0 Å². The number of allylic oxidation sites excluding steroid dienone is 6. The molecule has 0 aliphatic heterocycles. The van der Waals surface area contributed by atoms with E-state index in [1.165, 1.54) is 81.8 Å². The predicted octanol–water partition coefficient (Wildman–Crippen LogP) is 8.65. The first-order valence-corrected chi connectivity index (χ1v) is 23.9. The zero-order valence-corrected chi connectivity index (χ0v) is 41.4. The Balaban J connectivity index is 0.000000148. The van der Waals surface area contributed by atoms with Gasteiger partial charge in [-0.05, 0) is 77.6 Å². The first kappa shape index (κ1) is 45.5. The van der Waals surface area contributed by atoms with E-state index in [2.05, 4.69) is 177 Å². The average molecular weight is 913 g/mol. The molecule has 0 nitrogen and oxygen atoms in total. The molecule has 12 rings (SSSR count). The number of hydrogen-bond acceptors (Lipinski definition) is 0. The summed E-state index contributed by atoms with van der Waals surface area (Å²) in [6.07, 6.45) is 17.7.